The molecule has 29 heavy (non-hydrogen) atoms. The Morgan fingerprint density at radius 3 is 2.45 bits per heavy atom. The Morgan fingerprint density at radius 2 is 1.79 bits per heavy atom. The van der Waals surface area contributed by atoms with Gasteiger partial charge in [0.1, 0.15) is 6.04 Å². The van der Waals surface area contributed by atoms with Crippen molar-refractivity contribution in [3.63, 3.8) is 0 Å². The number of nitrogens with zero attached hydrogens (tertiary/aromatic N) is 2. The van der Waals surface area contributed by atoms with Gasteiger partial charge in [0.2, 0.25) is 5.91 Å². The number of aliphatic hydroxyl groups is 1. The van der Waals surface area contributed by atoms with Gasteiger partial charge in [-0.25, -0.2) is 0 Å². The number of piperazine rings is 1. The minimum atomic E-state index is -0.826. The molecule has 0 aromatic heterocycles. The Kier molecular flexibility index (Phi) is 7.25. The summed E-state index contributed by atoms with van der Waals surface area (Å²) in [6.45, 7) is 3.39. The van der Waals surface area contributed by atoms with Crippen LogP contribution in [0.25, 0.3) is 0 Å². The van der Waals surface area contributed by atoms with E-state index in [-0.39, 0.29) is 18.1 Å². The van der Waals surface area contributed by atoms with E-state index in [1.165, 1.54) is 4.90 Å². The highest BCUT2D eigenvalue weighted by molar-refractivity contribution is 6.35. The van der Waals surface area contributed by atoms with Gasteiger partial charge in [0.05, 0.1) is 6.10 Å². The van der Waals surface area contributed by atoms with Crippen LogP contribution in [0.15, 0.2) is 30.3 Å². The van der Waals surface area contributed by atoms with Gasteiger partial charge in [-0.05, 0) is 37.7 Å². The molecular weight excluding hydrogens is 370 g/mol. The zero-order chi connectivity index (χ0) is 20.8. The summed E-state index contributed by atoms with van der Waals surface area (Å²) < 4.78 is 0. The van der Waals surface area contributed by atoms with Crippen molar-refractivity contribution in [3.05, 3.63) is 35.9 Å². The van der Waals surface area contributed by atoms with Crippen LogP contribution < -0.4 is 5.32 Å². The van der Waals surface area contributed by atoms with E-state index in [4.69, 9.17) is 0 Å². The number of carbonyl (C=O) groups excluding carboxylic acids is 3. The highest BCUT2D eigenvalue weighted by Gasteiger charge is 2.40. The van der Waals surface area contributed by atoms with Crippen molar-refractivity contribution in [1.29, 1.82) is 0 Å². The molecule has 3 rings (SSSR count). The second kappa shape index (κ2) is 9.87. The van der Waals surface area contributed by atoms with E-state index in [1.807, 2.05) is 37.3 Å². The normalized spacial score (nSPS) is 23.8. The van der Waals surface area contributed by atoms with Gasteiger partial charge in [-0.1, -0.05) is 43.7 Å². The summed E-state index contributed by atoms with van der Waals surface area (Å²) in [5, 5.41) is 12.7. The van der Waals surface area contributed by atoms with Crippen LogP contribution in [0.4, 0.5) is 0 Å². The molecule has 0 radical (unpaired) electrons. The molecule has 2 N–H and O–H groups in total. The van der Waals surface area contributed by atoms with Crippen molar-refractivity contribution in [3.8, 4) is 0 Å². The summed E-state index contributed by atoms with van der Waals surface area (Å²) in [5.41, 5.74) is 0.698. The lowest BCUT2D eigenvalue weighted by Crippen LogP contribution is -2.58. The number of hydrogen-bond donors (Lipinski definition) is 2. The molecule has 3 amide bonds. The fourth-order valence-corrected chi connectivity index (χ4v) is 4.11. The fourth-order valence-electron chi connectivity index (χ4n) is 4.11. The topological polar surface area (TPSA) is 89.9 Å². The average Bonchev–Trinajstić information content (AvgIpc) is 2.73. The highest BCUT2D eigenvalue weighted by Crippen LogP contribution is 2.26. The molecule has 0 bridgehead atoms. The predicted molar refractivity (Wildman–Crippen MR) is 109 cm³/mol. The fraction of sp³-hybridized carbons (Fsp3) is 0.591. The summed E-state index contributed by atoms with van der Waals surface area (Å²) in [6, 6.07) is 8.30. The molecule has 1 saturated carbocycles. The summed E-state index contributed by atoms with van der Waals surface area (Å²) in [5.74, 6) is -1.41. The van der Waals surface area contributed by atoms with E-state index >= 15 is 0 Å². The van der Waals surface area contributed by atoms with Gasteiger partial charge in [0.15, 0.2) is 0 Å². The van der Waals surface area contributed by atoms with Crippen molar-refractivity contribution in [2.75, 3.05) is 19.6 Å². The number of amides is 3. The monoisotopic (exact) mass is 401 g/mol. The van der Waals surface area contributed by atoms with E-state index in [2.05, 4.69) is 5.32 Å². The van der Waals surface area contributed by atoms with Crippen LogP contribution in [0, 0.1) is 0 Å². The summed E-state index contributed by atoms with van der Waals surface area (Å²) in [7, 11) is 0. The number of unbranched alkanes of at least 4 members (excludes halogenated alkanes) is 1. The zero-order valence-corrected chi connectivity index (χ0v) is 17.0. The maximum Gasteiger partial charge on any atom is 0.313 e. The number of benzene rings is 1. The smallest absolute Gasteiger partial charge is 0.313 e. The summed E-state index contributed by atoms with van der Waals surface area (Å²) in [4.78, 5) is 41.7. The second-order valence-electron chi connectivity index (χ2n) is 7.97. The molecule has 1 aromatic carbocycles. The minimum absolute atomic E-state index is 0.0197. The first-order valence-corrected chi connectivity index (χ1v) is 10.6. The van der Waals surface area contributed by atoms with Crippen molar-refractivity contribution in [2.24, 2.45) is 0 Å². The largest absolute Gasteiger partial charge is 0.393 e. The van der Waals surface area contributed by atoms with Gasteiger partial charge in [0.25, 0.3) is 0 Å². The lowest BCUT2D eigenvalue weighted by atomic mass is 9.92. The molecule has 0 spiro atoms. The van der Waals surface area contributed by atoms with Crippen LogP contribution in [0.1, 0.15) is 57.1 Å². The standard InChI is InChI=1S/C22H31N3O4/c1-2-3-13-24-14-15-25(22(29)21(24)28)19(16-7-5-4-6-8-16)20(27)23-17-9-11-18(26)12-10-17/h4-8,17-19,26H,2-3,9-15H2,1H3,(H,23,27). The maximum atomic E-state index is 13.2. The molecule has 2 fully saturated rings. The van der Waals surface area contributed by atoms with Gasteiger partial charge < -0.3 is 20.2 Å². The van der Waals surface area contributed by atoms with E-state index in [9.17, 15) is 19.5 Å². The minimum Gasteiger partial charge on any atom is -0.393 e. The third-order valence-corrected chi connectivity index (χ3v) is 5.84. The molecule has 7 heteroatoms. The quantitative estimate of drug-likeness (QED) is 0.680. The van der Waals surface area contributed by atoms with Crippen LogP contribution in [-0.2, 0) is 14.4 Å². The first-order valence-electron chi connectivity index (χ1n) is 10.6. The van der Waals surface area contributed by atoms with Gasteiger partial charge in [-0.15, -0.1) is 0 Å². The Hall–Kier alpha value is -2.41. The van der Waals surface area contributed by atoms with E-state index in [1.54, 1.807) is 4.90 Å². The molecule has 7 nitrogen and oxygen atoms in total. The first-order chi connectivity index (χ1) is 14.0. The third-order valence-electron chi connectivity index (χ3n) is 5.84. The number of rotatable bonds is 7. The van der Waals surface area contributed by atoms with Crippen LogP contribution in [0.5, 0.6) is 0 Å². The molecule has 2 aliphatic rings. The third kappa shape index (κ3) is 5.15. The van der Waals surface area contributed by atoms with Crippen molar-refractivity contribution < 1.29 is 19.5 Å². The molecule has 1 heterocycles. The van der Waals surface area contributed by atoms with Crippen molar-refractivity contribution >= 4 is 17.7 Å². The Balaban J connectivity index is 1.76. The van der Waals surface area contributed by atoms with Crippen LogP contribution in [0.2, 0.25) is 0 Å². The molecule has 158 valence electrons. The van der Waals surface area contributed by atoms with Gasteiger partial charge >= 0.3 is 11.8 Å². The summed E-state index contributed by atoms with van der Waals surface area (Å²) >= 11 is 0. The molecule has 1 aliphatic carbocycles. The second-order valence-corrected chi connectivity index (χ2v) is 7.97. The van der Waals surface area contributed by atoms with Crippen LogP contribution in [-0.4, -0.2) is 64.4 Å². The van der Waals surface area contributed by atoms with Crippen molar-refractivity contribution in [2.45, 2.75) is 63.6 Å². The highest BCUT2D eigenvalue weighted by atomic mass is 16.3. The Bertz CT molecular complexity index is 716. The zero-order valence-electron chi connectivity index (χ0n) is 17.0. The van der Waals surface area contributed by atoms with E-state index in [0.717, 1.165) is 12.8 Å². The molecule has 1 unspecified atom stereocenters. The van der Waals surface area contributed by atoms with Gasteiger partial charge in [-0.3, -0.25) is 14.4 Å². The number of nitrogens with one attached hydrogen (secondary N) is 1. The molecule has 1 aliphatic heterocycles. The van der Waals surface area contributed by atoms with Crippen molar-refractivity contribution in [1.82, 2.24) is 15.1 Å². The Morgan fingerprint density at radius 1 is 1.10 bits per heavy atom. The SMILES string of the molecule is CCCCN1CCN(C(C(=O)NC2CCC(O)CC2)c2ccccc2)C(=O)C1=O. The van der Waals surface area contributed by atoms with Gasteiger partial charge in [-0.2, -0.15) is 0 Å². The van der Waals surface area contributed by atoms with E-state index < -0.39 is 17.9 Å². The summed E-state index contributed by atoms with van der Waals surface area (Å²) in [6.07, 6.45) is 4.26. The maximum absolute atomic E-state index is 13.2. The lowest BCUT2D eigenvalue weighted by Gasteiger charge is -2.38. The number of hydrogen-bond acceptors (Lipinski definition) is 4. The predicted octanol–water partition coefficient (Wildman–Crippen LogP) is 1.62. The molecule has 1 atom stereocenters. The Labute approximate surface area is 172 Å². The number of carbonyl (C=O) groups is 3. The molecule has 1 aromatic rings. The van der Waals surface area contributed by atoms with Gasteiger partial charge in [0, 0.05) is 25.7 Å². The van der Waals surface area contributed by atoms with E-state index in [0.29, 0.717) is 50.9 Å². The molecule has 1 saturated heterocycles. The lowest BCUT2D eigenvalue weighted by molar-refractivity contribution is -0.159. The number of aliphatic hydroxyl groups excluding tert-OH is 1. The first kappa shape index (κ1) is 21.3. The average molecular weight is 402 g/mol. The van der Waals surface area contributed by atoms with Crippen LogP contribution >= 0.6 is 0 Å². The van der Waals surface area contributed by atoms with Crippen LogP contribution in [0.3, 0.4) is 0 Å². The molecular formula is C22H31N3O4.